The molecule has 0 saturated carbocycles. The van der Waals surface area contributed by atoms with Gasteiger partial charge in [-0.3, -0.25) is 0 Å². The highest BCUT2D eigenvalue weighted by Gasteiger charge is 2.04. The van der Waals surface area contributed by atoms with Gasteiger partial charge in [0.2, 0.25) is 0 Å². The summed E-state index contributed by atoms with van der Waals surface area (Å²) in [7, 11) is 0. The van der Waals surface area contributed by atoms with Crippen LogP contribution in [0.1, 0.15) is 46.1 Å². The maximum atomic E-state index is 4.21. The van der Waals surface area contributed by atoms with E-state index in [0.717, 1.165) is 33.9 Å². The zero-order valence-electron chi connectivity index (χ0n) is 27.1. The zero-order chi connectivity index (χ0) is 32.2. The molecule has 0 bridgehead atoms. The molecule has 4 aromatic carbocycles. The molecule has 0 saturated heterocycles. The number of hydrogen-bond acceptors (Lipinski definition) is 2. The first-order chi connectivity index (χ1) is 21.4. The number of benzene rings is 4. The highest BCUT2D eigenvalue weighted by molar-refractivity contribution is 5.68. The average Bonchev–Trinajstić information content (AvgIpc) is 3.08. The van der Waals surface area contributed by atoms with Gasteiger partial charge in [0, 0.05) is 22.8 Å². The summed E-state index contributed by atoms with van der Waals surface area (Å²) in [5.41, 5.74) is 9.64. The fourth-order valence-corrected chi connectivity index (χ4v) is 4.09. The van der Waals surface area contributed by atoms with Gasteiger partial charge in [0.1, 0.15) is 0 Å². The van der Waals surface area contributed by atoms with E-state index in [9.17, 15) is 0 Å². The number of para-hydroxylation sites is 1. The van der Waals surface area contributed by atoms with E-state index in [-0.39, 0.29) is 5.92 Å². The van der Waals surface area contributed by atoms with Gasteiger partial charge in [0.25, 0.3) is 0 Å². The number of anilines is 3. The summed E-state index contributed by atoms with van der Waals surface area (Å²) in [6.07, 6.45) is 12.0. The number of allylic oxidation sites excluding steroid dienone is 8. The first-order valence-electron chi connectivity index (χ1n) is 15.3. The quantitative estimate of drug-likeness (QED) is 0.136. The predicted molar refractivity (Wildman–Crippen MR) is 198 cm³/mol. The fourth-order valence-electron chi connectivity index (χ4n) is 4.09. The van der Waals surface area contributed by atoms with Crippen LogP contribution in [0.2, 0.25) is 0 Å². The topological polar surface area (TPSA) is 24.1 Å². The van der Waals surface area contributed by atoms with Crippen molar-refractivity contribution in [2.75, 3.05) is 10.6 Å². The van der Waals surface area contributed by atoms with E-state index in [2.05, 4.69) is 122 Å². The molecule has 0 amide bonds. The SMILES string of the molecule is C=C(/C=C\C(=C/C)Nc1ccccc1)C(=C)/C=C\C(C)c1ccc(Nc2ccc(-c3ccccc3)cc2)cc1.C=CC.CC. The minimum absolute atomic E-state index is 0.253. The maximum absolute atomic E-state index is 4.21. The monoisotopic (exact) mass is 580 g/mol. The van der Waals surface area contributed by atoms with Crippen molar-refractivity contribution in [1.82, 2.24) is 0 Å². The predicted octanol–water partition coefficient (Wildman–Crippen LogP) is 12.7. The van der Waals surface area contributed by atoms with E-state index in [1.165, 1.54) is 16.7 Å². The van der Waals surface area contributed by atoms with Gasteiger partial charge >= 0.3 is 0 Å². The van der Waals surface area contributed by atoms with Crippen molar-refractivity contribution in [1.29, 1.82) is 0 Å². The molecule has 0 aliphatic heterocycles. The second-order valence-corrected chi connectivity index (χ2v) is 9.87. The van der Waals surface area contributed by atoms with Gasteiger partial charge in [-0.05, 0) is 90.1 Å². The third-order valence-corrected chi connectivity index (χ3v) is 6.55. The van der Waals surface area contributed by atoms with Gasteiger partial charge < -0.3 is 10.6 Å². The first kappa shape index (κ1) is 35.1. The van der Waals surface area contributed by atoms with Crippen molar-refractivity contribution in [3.8, 4) is 11.1 Å². The van der Waals surface area contributed by atoms with Gasteiger partial charge in [-0.2, -0.15) is 0 Å². The van der Waals surface area contributed by atoms with Crippen molar-refractivity contribution in [2.24, 2.45) is 0 Å². The average molecular weight is 581 g/mol. The minimum Gasteiger partial charge on any atom is -0.356 e. The van der Waals surface area contributed by atoms with Gasteiger partial charge in [0.05, 0.1) is 0 Å². The van der Waals surface area contributed by atoms with Crippen LogP contribution < -0.4 is 10.6 Å². The van der Waals surface area contributed by atoms with Crippen LogP contribution in [0, 0.1) is 0 Å². The summed E-state index contributed by atoms with van der Waals surface area (Å²) < 4.78 is 0. The molecule has 4 rings (SSSR count). The molecule has 0 spiro atoms. The summed E-state index contributed by atoms with van der Waals surface area (Å²) >= 11 is 0. The molecule has 0 heterocycles. The molecule has 226 valence electrons. The second kappa shape index (κ2) is 19.9. The number of nitrogens with one attached hydrogen (secondary N) is 2. The first-order valence-corrected chi connectivity index (χ1v) is 15.3. The molecule has 2 N–H and O–H groups in total. The highest BCUT2D eigenvalue weighted by atomic mass is 14.9. The Labute approximate surface area is 266 Å². The second-order valence-electron chi connectivity index (χ2n) is 9.87. The van der Waals surface area contributed by atoms with Crippen molar-refractivity contribution < 1.29 is 0 Å². The lowest BCUT2D eigenvalue weighted by molar-refractivity contribution is 0.967. The van der Waals surface area contributed by atoms with Crippen molar-refractivity contribution in [3.63, 3.8) is 0 Å². The van der Waals surface area contributed by atoms with Crippen molar-refractivity contribution in [2.45, 2.75) is 40.5 Å². The third kappa shape index (κ3) is 12.0. The van der Waals surface area contributed by atoms with E-state index < -0.39 is 0 Å². The van der Waals surface area contributed by atoms with E-state index in [1.54, 1.807) is 6.08 Å². The van der Waals surface area contributed by atoms with E-state index in [4.69, 9.17) is 0 Å². The summed E-state index contributed by atoms with van der Waals surface area (Å²) in [5, 5.41) is 6.90. The lowest BCUT2D eigenvalue weighted by Gasteiger charge is -2.11. The largest absolute Gasteiger partial charge is 0.356 e. The molecule has 0 aliphatic rings. The van der Waals surface area contributed by atoms with Gasteiger partial charge in [-0.15, -0.1) is 6.58 Å². The lowest BCUT2D eigenvalue weighted by Crippen LogP contribution is -1.96. The van der Waals surface area contributed by atoms with Crippen molar-refractivity contribution in [3.05, 3.63) is 188 Å². The number of rotatable bonds is 11. The van der Waals surface area contributed by atoms with Crippen LogP contribution >= 0.6 is 0 Å². The summed E-state index contributed by atoms with van der Waals surface area (Å²) in [6, 6.07) is 37.7. The van der Waals surface area contributed by atoms with Gasteiger partial charge in [-0.1, -0.05) is 137 Å². The molecule has 2 heteroatoms. The summed E-state index contributed by atoms with van der Waals surface area (Å²) in [4.78, 5) is 0. The van der Waals surface area contributed by atoms with Crippen LogP contribution in [-0.2, 0) is 0 Å². The smallest absolute Gasteiger partial charge is 0.0384 e. The molecule has 0 aliphatic carbocycles. The molecule has 1 unspecified atom stereocenters. The molecule has 2 nitrogen and oxygen atoms in total. The van der Waals surface area contributed by atoms with E-state index in [0.29, 0.717) is 0 Å². The van der Waals surface area contributed by atoms with Crippen LogP contribution in [0.4, 0.5) is 17.1 Å². The van der Waals surface area contributed by atoms with Crippen LogP contribution in [0.25, 0.3) is 11.1 Å². The Kier molecular flexibility index (Phi) is 15.9. The Hall–Kier alpha value is -5.08. The van der Waals surface area contributed by atoms with Crippen LogP contribution in [0.5, 0.6) is 0 Å². The molecule has 0 aromatic heterocycles. The Morgan fingerprint density at radius 2 is 1.09 bits per heavy atom. The molecule has 1 atom stereocenters. The normalized spacial score (nSPS) is 11.4. The van der Waals surface area contributed by atoms with Crippen LogP contribution in [-0.4, -0.2) is 0 Å². The Morgan fingerprint density at radius 3 is 1.64 bits per heavy atom. The standard InChI is InChI=1S/C37H36N2.C3H6.C2H6/c1-5-34(38-35-14-10-7-11-15-35)23-18-29(3)28(2)16-17-30(4)31-19-24-36(25-20-31)39-37-26-21-33(22-27-37)32-12-8-6-9-13-32;1-3-2;1-2/h5-27,30,38-39H,2-3H2,1,4H3;3H,1H2,2H3;1-2H3/b17-16-,23-18-,34-5+;;. The maximum Gasteiger partial charge on any atom is 0.0384 e. The Bertz CT molecular complexity index is 1500. The van der Waals surface area contributed by atoms with Crippen molar-refractivity contribution >= 4 is 17.1 Å². The highest BCUT2D eigenvalue weighted by Crippen LogP contribution is 2.25. The van der Waals surface area contributed by atoms with Crippen LogP contribution in [0.15, 0.2) is 182 Å². The summed E-state index contributed by atoms with van der Waals surface area (Å²) in [5.74, 6) is 0.253. The molecule has 0 fully saturated rings. The molecule has 44 heavy (non-hydrogen) atoms. The third-order valence-electron chi connectivity index (χ3n) is 6.55. The molecular formula is C42H48N2. The number of hydrogen-bond donors (Lipinski definition) is 2. The van der Waals surface area contributed by atoms with E-state index >= 15 is 0 Å². The Morgan fingerprint density at radius 1 is 0.614 bits per heavy atom. The zero-order valence-corrected chi connectivity index (χ0v) is 27.1. The summed E-state index contributed by atoms with van der Waals surface area (Å²) in [6.45, 7) is 21.8. The van der Waals surface area contributed by atoms with E-state index in [1.807, 2.05) is 82.3 Å². The molecule has 4 aromatic rings. The Balaban J connectivity index is 0.00000127. The van der Waals surface area contributed by atoms with Gasteiger partial charge in [-0.25, -0.2) is 0 Å². The fraction of sp³-hybridized carbons (Fsp3) is 0.143. The molecule has 0 radical (unpaired) electrons. The minimum atomic E-state index is 0.253. The van der Waals surface area contributed by atoms with Gasteiger partial charge in [0.15, 0.2) is 0 Å². The lowest BCUT2D eigenvalue weighted by atomic mass is 9.98. The van der Waals surface area contributed by atoms with Crippen LogP contribution in [0.3, 0.4) is 0 Å². The molecular weight excluding hydrogens is 532 g/mol.